The summed E-state index contributed by atoms with van der Waals surface area (Å²) in [5, 5.41) is 10.7. The fourth-order valence-electron chi connectivity index (χ4n) is 1.63. The van der Waals surface area contributed by atoms with Gasteiger partial charge in [0.15, 0.2) is 0 Å². The number of rotatable bonds is 2. The molecule has 0 aromatic heterocycles. The van der Waals surface area contributed by atoms with Crippen LogP contribution in [0.2, 0.25) is 0 Å². The van der Waals surface area contributed by atoms with Gasteiger partial charge in [0.25, 0.3) is 0 Å². The van der Waals surface area contributed by atoms with E-state index in [2.05, 4.69) is 0 Å². The van der Waals surface area contributed by atoms with Crippen LogP contribution in [0.4, 0.5) is 0 Å². The molecular weight excluding hydrogens is 384 g/mol. The molecule has 0 heterocycles. The van der Waals surface area contributed by atoms with Gasteiger partial charge in [-0.3, -0.25) is 0 Å². The van der Waals surface area contributed by atoms with Crippen LogP contribution < -0.4 is 0 Å². The Kier molecular flexibility index (Phi) is 4.88. The van der Waals surface area contributed by atoms with E-state index in [1.807, 2.05) is 3.58 Å². The van der Waals surface area contributed by atoms with Gasteiger partial charge in [0.2, 0.25) is 0 Å². The molecule has 4 heteroatoms. The summed E-state index contributed by atoms with van der Waals surface area (Å²) in [6, 6.07) is 0. The number of hydrogen-bond donors (Lipinski definition) is 1. The SMILES string of the molecule is OC1(/C(Cl)=[CH]\[Hg][Cl])CCCCC1. The Balaban J connectivity index is 2.62. The van der Waals surface area contributed by atoms with E-state index in [1.54, 1.807) is 0 Å². The van der Waals surface area contributed by atoms with Crippen LogP contribution in [-0.2, 0) is 23.3 Å². The van der Waals surface area contributed by atoms with E-state index >= 15 is 0 Å². The zero-order chi connectivity index (χ0) is 9.03. The zero-order valence-electron chi connectivity index (χ0n) is 7.02. The van der Waals surface area contributed by atoms with Crippen molar-refractivity contribution in [3.8, 4) is 0 Å². The molecule has 1 saturated carbocycles. The van der Waals surface area contributed by atoms with Crippen LogP contribution in [0.15, 0.2) is 8.62 Å². The molecule has 1 fully saturated rings. The summed E-state index contributed by atoms with van der Waals surface area (Å²) in [4.78, 5) is 0. The normalized spacial score (nSPS) is 23.4. The summed E-state index contributed by atoms with van der Waals surface area (Å²) in [7, 11) is 5.73. The number of hydrogen-bond acceptors (Lipinski definition) is 1. The molecule has 12 heavy (non-hydrogen) atoms. The molecule has 0 atom stereocenters. The quantitative estimate of drug-likeness (QED) is 0.713. The van der Waals surface area contributed by atoms with Crippen LogP contribution in [0.1, 0.15) is 32.1 Å². The van der Waals surface area contributed by atoms with E-state index in [1.165, 1.54) is 6.42 Å². The van der Waals surface area contributed by atoms with Gasteiger partial charge in [-0.05, 0) is 0 Å². The van der Waals surface area contributed by atoms with E-state index in [0.29, 0.717) is 5.03 Å². The van der Waals surface area contributed by atoms with Crippen molar-refractivity contribution < 1.29 is 28.4 Å². The molecule has 0 spiro atoms. The van der Waals surface area contributed by atoms with E-state index in [-0.39, 0.29) is 0 Å². The Bertz CT molecular complexity index is 176. The molecule has 1 aliphatic carbocycles. The standard InChI is InChI=1S/C8H12ClO.ClH.Hg/c1-7(9)8(10)5-3-2-4-6-8;;/h1,10H,2-6H2;1H;/q;;+1/p-1. The summed E-state index contributed by atoms with van der Waals surface area (Å²) in [6.07, 6.45) is 5.01. The molecule has 0 radical (unpaired) electrons. The Labute approximate surface area is 94.0 Å². The first kappa shape index (κ1) is 11.3. The predicted molar refractivity (Wildman–Crippen MR) is 47.8 cm³/mol. The van der Waals surface area contributed by atoms with Gasteiger partial charge in [-0.25, -0.2) is 0 Å². The molecule has 1 nitrogen and oxygen atoms in total. The van der Waals surface area contributed by atoms with Gasteiger partial charge in [-0.2, -0.15) is 0 Å². The van der Waals surface area contributed by atoms with Gasteiger partial charge in [0.1, 0.15) is 0 Å². The molecule has 0 aliphatic heterocycles. The zero-order valence-corrected chi connectivity index (χ0v) is 14.0. The average molecular weight is 396 g/mol. The van der Waals surface area contributed by atoms with Crippen molar-refractivity contribution in [3.05, 3.63) is 8.62 Å². The molecule has 1 aliphatic rings. The van der Waals surface area contributed by atoms with Crippen molar-refractivity contribution in [1.29, 1.82) is 0 Å². The fourth-order valence-corrected chi connectivity index (χ4v) is 6.55. The van der Waals surface area contributed by atoms with Crippen molar-refractivity contribution in [2.75, 3.05) is 0 Å². The second kappa shape index (κ2) is 5.18. The first-order valence-corrected chi connectivity index (χ1v) is 14.7. The first-order chi connectivity index (χ1) is 5.69. The van der Waals surface area contributed by atoms with Gasteiger partial charge >= 0.3 is 94.6 Å². The second-order valence-corrected chi connectivity index (χ2v) is 9.20. The van der Waals surface area contributed by atoms with Gasteiger partial charge < -0.3 is 0 Å². The third-order valence-electron chi connectivity index (χ3n) is 2.38. The van der Waals surface area contributed by atoms with Crippen LogP contribution in [-0.4, -0.2) is 10.7 Å². The van der Waals surface area contributed by atoms with Crippen LogP contribution >= 0.6 is 19.9 Å². The van der Waals surface area contributed by atoms with E-state index in [0.717, 1.165) is 25.7 Å². The van der Waals surface area contributed by atoms with Crippen molar-refractivity contribution in [3.63, 3.8) is 0 Å². The van der Waals surface area contributed by atoms with Gasteiger partial charge in [0, 0.05) is 0 Å². The topological polar surface area (TPSA) is 20.2 Å². The maximum atomic E-state index is 10.0. The molecule has 1 rings (SSSR count). The summed E-state index contributed by atoms with van der Waals surface area (Å²) in [5.74, 6) is 0. The molecule has 66 valence electrons. The summed E-state index contributed by atoms with van der Waals surface area (Å²) in [5.41, 5.74) is -0.714. The minimum absolute atomic E-state index is 0.624. The molecule has 0 saturated heterocycles. The summed E-state index contributed by atoms with van der Waals surface area (Å²) >= 11 is 4.64. The monoisotopic (exact) mass is 396 g/mol. The van der Waals surface area contributed by atoms with Crippen LogP contribution in [0, 0.1) is 0 Å². The van der Waals surface area contributed by atoms with E-state index in [4.69, 9.17) is 19.9 Å². The number of halogens is 2. The second-order valence-electron chi connectivity index (χ2n) is 3.30. The van der Waals surface area contributed by atoms with Crippen molar-refractivity contribution in [2.24, 2.45) is 0 Å². The molecule has 0 aromatic rings. The number of aliphatic hydroxyl groups is 1. The Morgan fingerprint density at radius 3 is 2.42 bits per heavy atom. The molecule has 1 N–H and O–H groups in total. The summed E-state index contributed by atoms with van der Waals surface area (Å²) < 4.78 is 1.91. The fraction of sp³-hybridized carbons (Fsp3) is 0.750. The molecule has 0 aromatic carbocycles. The van der Waals surface area contributed by atoms with Crippen LogP contribution in [0.5, 0.6) is 0 Å². The minimum atomic E-state index is -1.34. The van der Waals surface area contributed by atoms with Crippen LogP contribution in [0.3, 0.4) is 0 Å². The van der Waals surface area contributed by atoms with Crippen LogP contribution in [0.25, 0.3) is 0 Å². The van der Waals surface area contributed by atoms with Gasteiger partial charge in [-0.1, -0.05) is 0 Å². The van der Waals surface area contributed by atoms with E-state index in [9.17, 15) is 5.11 Å². The van der Waals surface area contributed by atoms with Crippen molar-refractivity contribution in [2.45, 2.75) is 37.7 Å². The van der Waals surface area contributed by atoms with Crippen molar-refractivity contribution >= 4 is 19.9 Å². The molecular formula is C8H12Cl2HgO. The summed E-state index contributed by atoms with van der Waals surface area (Å²) in [6.45, 7) is 0. The van der Waals surface area contributed by atoms with Gasteiger partial charge in [0.05, 0.1) is 0 Å². The molecule has 0 bridgehead atoms. The Morgan fingerprint density at radius 2 is 1.92 bits per heavy atom. The van der Waals surface area contributed by atoms with Gasteiger partial charge in [-0.15, -0.1) is 0 Å². The molecule has 0 amide bonds. The average Bonchev–Trinajstić information content (AvgIpc) is 2.06. The third-order valence-corrected chi connectivity index (χ3v) is 7.43. The predicted octanol–water partition coefficient (Wildman–Crippen LogP) is 3.00. The van der Waals surface area contributed by atoms with E-state index < -0.39 is 28.9 Å². The van der Waals surface area contributed by atoms with Crippen molar-refractivity contribution in [1.82, 2.24) is 0 Å². The first-order valence-electron chi connectivity index (χ1n) is 4.33. The Hall–Kier alpha value is 1.22. The third kappa shape index (κ3) is 2.86. The molecule has 0 unspecified atom stereocenters. The Morgan fingerprint density at radius 1 is 1.33 bits per heavy atom. The maximum absolute atomic E-state index is 10.0.